The normalized spacial score (nSPS) is 19.7. The molecule has 3 rings (SSSR count). The Morgan fingerprint density at radius 1 is 1.46 bits per heavy atom. The first-order valence-electron chi connectivity index (χ1n) is 7.36. The molecule has 1 saturated heterocycles. The van der Waals surface area contributed by atoms with Crippen molar-refractivity contribution in [1.82, 2.24) is 10.3 Å². The van der Waals surface area contributed by atoms with Crippen LogP contribution >= 0.6 is 0 Å². The zero-order valence-corrected chi connectivity index (χ0v) is 13.2. The van der Waals surface area contributed by atoms with E-state index in [4.69, 9.17) is 19.9 Å². The second-order valence-corrected chi connectivity index (χ2v) is 5.43. The first kappa shape index (κ1) is 15.9. The second-order valence-electron chi connectivity index (χ2n) is 5.43. The largest absolute Gasteiger partial charge is 0.496 e. The molecule has 126 valence electrons. The number of alkyl carbamates (subject to hydrolysis) is 1. The number of methoxy groups -OCH3 is 1. The molecule has 2 atom stereocenters. The third-order valence-electron chi connectivity index (χ3n) is 3.88. The van der Waals surface area contributed by atoms with Crippen molar-refractivity contribution in [2.75, 3.05) is 13.7 Å². The van der Waals surface area contributed by atoms with Gasteiger partial charge in [0.25, 0.3) is 5.91 Å². The Balaban J connectivity index is 1.91. The number of nitrogens with two attached hydrogens (primary N) is 1. The molecule has 8 nitrogen and oxygen atoms in total. The van der Waals surface area contributed by atoms with Crippen molar-refractivity contribution in [3.8, 4) is 11.6 Å². The number of nitrogens with one attached hydrogen (secondary N) is 1. The van der Waals surface area contributed by atoms with Gasteiger partial charge in [-0.1, -0.05) is 0 Å². The molecule has 2 amide bonds. The molecule has 3 N–H and O–H groups in total. The molecule has 1 aliphatic rings. The smallest absolute Gasteiger partial charge is 0.407 e. The Labute approximate surface area is 137 Å². The number of hydrogen-bond acceptors (Lipinski definition) is 6. The summed E-state index contributed by atoms with van der Waals surface area (Å²) in [5, 5.41) is 4.09. The lowest BCUT2D eigenvalue weighted by molar-refractivity contribution is 0.0997. The van der Waals surface area contributed by atoms with Gasteiger partial charge in [-0.2, -0.15) is 0 Å². The standard InChI is InChI=1S/C16H17N3O5/c1-8-12(19-16(21)24-8)7-23-15-10-6-13(22-2)11(14(17)20)5-9(10)3-4-18-15/h3-6,8,12H,7H2,1-2H3,(H2,17,20)(H,19,21)/t8-,12+/m0/s1. The lowest BCUT2D eigenvalue weighted by Crippen LogP contribution is -2.36. The van der Waals surface area contributed by atoms with Crippen LogP contribution in [0.5, 0.6) is 11.6 Å². The number of rotatable bonds is 5. The van der Waals surface area contributed by atoms with Crippen molar-refractivity contribution in [2.45, 2.75) is 19.1 Å². The number of amides is 2. The van der Waals surface area contributed by atoms with Crippen molar-refractivity contribution in [3.63, 3.8) is 0 Å². The lowest BCUT2D eigenvalue weighted by atomic mass is 10.1. The summed E-state index contributed by atoms with van der Waals surface area (Å²) in [5.41, 5.74) is 5.65. The Hall–Kier alpha value is -3.03. The summed E-state index contributed by atoms with van der Waals surface area (Å²) in [5.74, 6) is 0.140. The van der Waals surface area contributed by atoms with Crippen LogP contribution in [0.4, 0.5) is 4.79 Å². The van der Waals surface area contributed by atoms with Crippen molar-refractivity contribution >= 4 is 22.8 Å². The summed E-state index contributed by atoms with van der Waals surface area (Å²) in [7, 11) is 1.46. The number of benzene rings is 1. The minimum Gasteiger partial charge on any atom is -0.496 e. The van der Waals surface area contributed by atoms with E-state index >= 15 is 0 Å². The van der Waals surface area contributed by atoms with Gasteiger partial charge >= 0.3 is 6.09 Å². The molecule has 2 heterocycles. The maximum Gasteiger partial charge on any atom is 0.407 e. The van der Waals surface area contributed by atoms with Gasteiger partial charge < -0.3 is 25.3 Å². The van der Waals surface area contributed by atoms with E-state index in [1.54, 1.807) is 31.3 Å². The fourth-order valence-electron chi connectivity index (χ4n) is 2.55. The first-order chi connectivity index (χ1) is 11.5. The monoisotopic (exact) mass is 331 g/mol. The van der Waals surface area contributed by atoms with Gasteiger partial charge in [0.1, 0.15) is 24.5 Å². The third kappa shape index (κ3) is 2.90. The number of primary amides is 1. The average Bonchev–Trinajstić information content (AvgIpc) is 2.88. The van der Waals surface area contributed by atoms with Crippen molar-refractivity contribution in [1.29, 1.82) is 0 Å². The van der Waals surface area contributed by atoms with Crippen molar-refractivity contribution in [2.24, 2.45) is 5.73 Å². The Bertz CT molecular complexity index is 808. The van der Waals surface area contributed by atoms with Crippen LogP contribution < -0.4 is 20.5 Å². The van der Waals surface area contributed by atoms with Crippen molar-refractivity contribution in [3.05, 3.63) is 30.0 Å². The molecule has 24 heavy (non-hydrogen) atoms. The molecule has 8 heteroatoms. The Kier molecular flexibility index (Phi) is 4.11. The molecule has 1 aliphatic heterocycles. The van der Waals surface area contributed by atoms with Crippen LogP contribution in [-0.4, -0.2) is 42.8 Å². The van der Waals surface area contributed by atoms with Gasteiger partial charge in [-0.05, 0) is 30.5 Å². The Morgan fingerprint density at radius 3 is 2.88 bits per heavy atom. The summed E-state index contributed by atoms with van der Waals surface area (Å²) in [6, 6.07) is 4.78. The van der Waals surface area contributed by atoms with E-state index in [1.165, 1.54) is 7.11 Å². The molecular formula is C16H17N3O5. The van der Waals surface area contributed by atoms with Crippen LogP contribution in [0.3, 0.4) is 0 Å². The third-order valence-corrected chi connectivity index (χ3v) is 3.88. The van der Waals surface area contributed by atoms with E-state index in [-0.39, 0.29) is 24.3 Å². The number of aromatic nitrogens is 1. The van der Waals surface area contributed by atoms with Crippen LogP contribution in [0, 0.1) is 0 Å². The van der Waals surface area contributed by atoms with E-state index in [2.05, 4.69) is 10.3 Å². The fraction of sp³-hybridized carbons (Fsp3) is 0.312. The molecule has 1 fully saturated rings. The van der Waals surface area contributed by atoms with Gasteiger partial charge in [0.15, 0.2) is 0 Å². The predicted octanol–water partition coefficient (Wildman–Crippen LogP) is 1.22. The maximum absolute atomic E-state index is 11.5. The van der Waals surface area contributed by atoms with Crippen molar-refractivity contribution < 1.29 is 23.8 Å². The fourth-order valence-corrected chi connectivity index (χ4v) is 2.55. The van der Waals surface area contributed by atoms with E-state index in [0.29, 0.717) is 17.0 Å². The molecule has 0 bridgehead atoms. The van der Waals surface area contributed by atoms with Gasteiger partial charge in [-0.25, -0.2) is 9.78 Å². The van der Waals surface area contributed by atoms with Crippen LogP contribution in [0.15, 0.2) is 24.4 Å². The lowest BCUT2D eigenvalue weighted by Gasteiger charge is -2.15. The number of cyclic esters (lactones) is 1. The average molecular weight is 331 g/mol. The number of nitrogens with zero attached hydrogens (tertiary/aromatic N) is 1. The van der Waals surface area contributed by atoms with Crippen LogP contribution in [0.25, 0.3) is 10.8 Å². The quantitative estimate of drug-likeness (QED) is 0.852. The van der Waals surface area contributed by atoms with E-state index in [0.717, 1.165) is 5.39 Å². The van der Waals surface area contributed by atoms with Crippen LogP contribution in [-0.2, 0) is 4.74 Å². The maximum atomic E-state index is 11.5. The highest BCUT2D eigenvalue weighted by molar-refractivity contribution is 6.01. The summed E-state index contributed by atoms with van der Waals surface area (Å²) >= 11 is 0. The number of pyridine rings is 1. The number of fused-ring (bicyclic) bond motifs is 1. The highest BCUT2D eigenvalue weighted by Gasteiger charge is 2.31. The molecule has 0 unspecified atom stereocenters. The van der Waals surface area contributed by atoms with Gasteiger partial charge in [-0.3, -0.25) is 4.79 Å². The first-order valence-corrected chi connectivity index (χ1v) is 7.36. The molecule has 0 aliphatic carbocycles. The summed E-state index contributed by atoms with van der Waals surface area (Å²) < 4.78 is 16.0. The molecule has 0 saturated carbocycles. The zero-order chi connectivity index (χ0) is 17.3. The Morgan fingerprint density at radius 2 is 2.25 bits per heavy atom. The number of hydrogen-bond donors (Lipinski definition) is 2. The van der Waals surface area contributed by atoms with Gasteiger partial charge in [0.2, 0.25) is 5.88 Å². The van der Waals surface area contributed by atoms with E-state index in [9.17, 15) is 9.59 Å². The minimum absolute atomic E-state index is 0.207. The number of carbonyl (C=O) groups is 2. The molecule has 0 radical (unpaired) electrons. The zero-order valence-electron chi connectivity index (χ0n) is 13.2. The number of ether oxygens (including phenoxy) is 3. The van der Waals surface area contributed by atoms with Crippen LogP contribution in [0.2, 0.25) is 0 Å². The molecule has 1 aromatic carbocycles. The van der Waals surface area contributed by atoms with E-state index < -0.39 is 12.0 Å². The van der Waals surface area contributed by atoms with Gasteiger partial charge in [-0.15, -0.1) is 0 Å². The molecule has 1 aromatic heterocycles. The van der Waals surface area contributed by atoms with Gasteiger partial charge in [0.05, 0.1) is 12.7 Å². The molecule has 0 spiro atoms. The highest BCUT2D eigenvalue weighted by atomic mass is 16.6. The van der Waals surface area contributed by atoms with Gasteiger partial charge in [0, 0.05) is 11.6 Å². The predicted molar refractivity (Wildman–Crippen MR) is 85.2 cm³/mol. The SMILES string of the molecule is COc1cc2c(OC[C@H]3NC(=O)O[C@H]3C)nccc2cc1C(N)=O. The number of carbonyl (C=O) groups excluding carboxylic acids is 2. The molecular weight excluding hydrogens is 314 g/mol. The topological polar surface area (TPSA) is 113 Å². The highest BCUT2D eigenvalue weighted by Crippen LogP contribution is 2.30. The summed E-state index contributed by atoms with van der Waals surface area (Å²) in [4.78, 5) is 26.9. The minimum atomic E-state index is -0.576. The van der Waals surface area contributed by atoms with E-state index in [1.807, 2.05) is 0 Å². The molecule has 2 aromatic rings. The second kappa shape index (κ2) is 6.23. The summed E-state index contributed by atoms with van der Waals surface area (Å²) in [6.45, 7) is 1.99. The van der Waals surface area contributed by atoms with Crippen LogP contribution in [0.1, 0.15) is 17.3 Å². The summed E-state index contributed by atoms with van der Waals surface area (Å²) in [6.07, 6.45) is 0.820.